The second kappa shape index (κ2) is 6.57. The smallest absolute Gasteiger partial charge is 0.217 e. The van der Waals surface area contributed by atoms with Crippen LogP contribution in [0.4, 0.5) is 0 Å². The SMILES string of the molecule is CC(=O)NC1CCc2ccccc2C1Cc1c(C)cccc1C. The van der Waals surface area contributed by atoms with Crippen LogP contribution in [-0.2, 0) is 17.6 Å². The highest BCUT2D eigenvalue weighted by Crippen LogP contribution is 2.35. The van der Waals surface area contributed by atoms with Crippen molar-refractivity contribution in [3.63, 3.8) is 0 Å². The Balaban J connectivity index is 1.99. The van der Waals surface area contributed by atoms with Crippen molar-refractivity contribution < 1.29 is 4.79 Å². The van der Waals surface area contributed by atoms with Gasteiger partial charge < -0.3 is 5.32 Å². The van der Waals surface area contributed by atoms with Crippen LogP contribution in [0.2, 0.25) is 0 Å². The van der Waals surface area contributed by atoms with E-state index in [1.54, 1.807) is 6.92 Å². The van der Waals surface area contributed by atoms with E-state index >= 15 is 0 Å². The molecular weight excluding hydrogens is 282 g/mol. The van der Waals surface area contributed by atoms with Crippen molar-refractivity contribution in [2.45, 2.75) is 52.0 Å². The van der Waals surface area contributed by atoms with Crippen molar-refractivity contribution in [1.29, 1.82) is 0 Å². The number of aryl methyl sites for hydroxylation is 3. The first kappa shape index (κ1) is 15.8. The number of nitrogens with one attached hydrogen (secondary N) is 1. The number of hydrogen-bond donors (Lipinski definition) is 1. The molecule has 2 heteroatoms. The third kappa shape index (κ3) is 3.31. The molecule has 2 aromatic rings. The second-order valence-corrected chi connectivity index (χ2v) is 6.73. The lowest BCUT2D eigenvalue weighted by Crippen LogP contribution is -2.41. The maximum atomic E-state index is 11.6. The van der Waals surface area contributed by atoms with E-state index in [0.29, 0.717) is 5.92 Å². The minimum Gasteiger partial charge on any atom is -0.353 e. The minimum atomic E-state index is 0.0703. The quantitative estimate of drug-likeness (QED) is 0.909. The van der Waals surface area contributed by atoms with E-state index in [2.05, 4.69) is 61.6 Å². The second-order valence-electron chi connectivity index (χ2n) is 6.73. The summed E-state index contributed by atoms with van der Waals surface area (Å²) < 4.78 is 0. The van der Waals surface area contributed by atoms with Crippen LogP contribution in [-0.4, -0.2) is 11.9 Å². The summed E-state index contributed by atoms with van der Waals surface area (Å²) >= 11 is 0. The van der Waals surface area contributed by atoms with Crippen molar-refractivity contribution in [3.8, 4) is 0 Å². The monoisotopic (exact) mass is 307 g/mol. The van der Waals surface area contributed by atoms with Crippen LogP contribution in [0.15, 0.2) is 42.5 Å². The van der Waals surface area contributed by atoms with Gasteiger partial charge in [-0.2, -0.15) is 0 Å². The van der Waals surface area contributed by atoms with E-state index < -0.39 is 0 Å². The van der Waals surface area contributed by atoms with Crippen molar-refractivity contribution in [1.82, 2.24) is 5.32 Å². The Morgan fingerprint density at radius 2 is 1.78 bits per heavy atom. The molecule has 1 aliphatic rings. The highest BCUT2D eigenvalue weighted by Gasteiger charge is 2.30. The topological polar surface area (TPSA) is 29.1 Å². The Kier molecular flexibility index (Phi) is 4.51. The predicted octanol–water partition coefficient (Wildman–Crippen LogP) is 4.08. The summed E-state index contributed by atoms with van der Waals surface area (Å²) in [5, 5.41) is 3.19. The lowest BCUT2D eigenvalue weighted by molar-refractivity contribution is -0.119. The molecule has 2 aromatic carbocycles. The Morgan fingerprint density at radius 1 is 1.09 bits per heavy atom. The predicted molar refractivity (Wildman–Crippen MR) is 94.7 cm³/mol. The van der Waals surface area contributed by atoms with Crippen molar-refractivity contribution in [2.75, 3.05) is 0 Å². The number of amides is 1. The van der Waals surface area contributed by atoms with Gasteiger partial charge in [0.25, 0.3) is 0 Å². The maximum absolute atomic E-state index is 11.6. The van der Waals surface area contributed by atoms with E-state index in [-0.39, 0.29) is 11.9 Å². The Bertz CT molecular complexity index is 699. The standard InChI is InChI=1S/C21H25NO/c1-14-7-6-8-15(2)19(14)13-20-18-10-5-4-9-17(18)11-12-21(20)22-16(3)23/h4-10,20-21H,11-13H2,1-3H3,(H,22,23). The van der Waals surface area contributed by atoms with Gasteiger partial charge in [0.15, 0.2) is 0 Å². The van der Waals surface area contributed by atoms with Gasteiger partial charge >= 0.3 is 0 Å². The molecule has 0 spiro atoms. The van der Waals surface area contributed by atoms with Gasteiger partial charge in [0.05, 0.1) is 0 Å². The Labute approximate surface area is 138 Å². The fraction of sp³-hybridized carbons (Fsp3) is 0.381. The number of hydrogen-bond acceptors (Lipinski definition) is 1. The van der Waals surface area contributed by atoms with Crippen molar-refractivity contribution in [2.24, 2.45) is 0 Å². The largest absolute Gasteiger partial charge is 0.353 e. The molecule has 0 bridgehead atoms. The van der Waals surface area contributed by atoms with Crippen molar-refractivity contribution >= 4 is 5.91 Å². The molecule has 1 amide bonds. The average molecular weight is 307 g/mol. The van der Waals surface area contributed by atoms with Gasteiger partial charge in [-0.05, 0) is 60.9 Å². The molecule has 2 atom stereocenters. The number of fused-ring (bicyclic) bond motifs is 1. The van der Waals surface area contributed by atoms with E-state index in [1.807, 2.05) is 0 Å². The maximum Gasteiger partial charge on any atom is 0.217 e. The third-order valence-corrected chi connectivity index (χ3v) is 5.12. The summed E-state index contributed by atoms with van der Waals surface area (Å²) in [6.45, 7) is 5.99. The molecule has 23 heavy (non-hydrogen) atoms. The van der Waals surface area contributed by atoms with Gasteiger partial charge in [0, 0.05) is 18.9 Å². The van der Waals surface area contributed by atoms with E-state index in [0.717, 1.165) is 19.3 Å². The molecule has 120 valence electrons. The van der Waals surface area contributed by atoms with Crippen LogP contribution in [0, 0.1) is 13.8 Å². The lowest BCUT2D eigenvalue weighted by Gasteiger charge is -2.35. The summed E-state index contributed by atoms with van der Waals surface area (Å²) in [6, 6.07) is 15.4. The van der Waals surface area contributed by atoms with Crippen LogP contribution in [0.5, 0.6) is 0 Å². The summed E-state index contributed by atoms with van der Waals surface area (Å²) in [4.78, 5) is 11.6. The molecular formula is C21H25NO. The molecule has 2 nitrogen and oxygen atoms in total. The molecule has 2 unspecified atom stereocenters. The Hall–Kier alpha value is -2.09. The number of carbonyl (C=O) groups excluding carboxylic acids is 1. The zero-order valence-corrected chi connectivity index (χ0v) is 14.2. The summed E-state index contributed by atoms with van der Waals surface area (Å²) in [7, 11) is 0. The van der Waals surface area contributed by atoms with Gasteiger partial charge in [0.2, 0.25) is 5.91 Å². The molecule has 3 rings (SSSR count). The molecule has 0 heterocycles. The number of benzene rings is 2. The average Bonchev–Trinajstić information content (AvgIpc) is 2.52. The van der Waals surface area contributed by atoms with Crippen LogP contribution in [0.25, 0.3) is 0 Å². The van der Waals surface area contributed by atoms with E-state index in [9.17, 15) is 4.79 Å². The first-order valence-electron chi connectivity index (χ1n) is 8.46. The number of rotatable bonds is 3. The first-order chi connectivity index (χ1) is 11.1. The fourth-order valence-corrected chi connectivity index (χ4v) is 3.93. The fourth-order valence-electron chi connectivity index (χ4n) is 3.93. The van der Waals surface area contributed by atoms with Crippen LogP contribution in [0.3, 0.4) is 0 Å². The summed E-state index contributed by atoms with van der Waals surface area (Å²) in [5.41, 5.74) is 6.94. The number of carbonyl (C=O) groups is 1. The van der Waals surface area contributed by atoms with Gasteiger partial charge in [-0.25, -0.2) is 0 Å². The van der Waals surface area contributed by atoms with Gasteiger partial charge in [-0.3, -0.25) is 4.79 Å². The molecule has 0 fully saturated rings. The molecule has 1 aliphatic carbocycles. The molecule has 1 N–H and O–H groups in total. The molecule has 0 aliphatic heterocycles. The first-order valence-corrected chi connectivity index (χ1v) is 8.46. The van der Waals surface area contributed by atoms with Crippen molar-refractivity contribution in [3.05, 3.63) is 70.3 Å². The van der Waals surface area contributed by atoms with E-state index in [4.69, 9.17) is 0 Å². The van der Waals surface area contributed by atoms with Crippen LogP contribution < -0.4 is 5.32 Å². The van der Waals surface area contributed by atoms with E-state index in [1.165, 1.54) is 27.8 Å². The van der Waals surface area contributed by atoms with Gasteiger partial charge in [-0.1, -0.05) is 42.5 Å². The summed E-state index contributed by atoms with van der Waals surface area (Å²) in [5.74, 6) is 0.421. The lowest BCUT2D eigenvalue weighted by atomic mass is 9.75. The van der Waals surface area contributed by atoms with Crippen LogP contribution in [0.1, 0.15) is 47.1 Å². The highest BCUT2D eigenvalue weighted by molar-refractivity contribution is 5.73. The van der Waals surface area contributed by atoms with Gasteiger partial charge in [-0.15, -0.1) is 0 Å². The molecule has 0 radical (unpaired) electrons. The normalized spacial score (nSPS) is 20.0. The highest BCUT2D eigenvalue weighted by atomic mass is 16.1. The zero-order valence-electron chi connectivity index (χ0n) is 14.2. The van der Waals surface area contributed by atoms with Gasteiger partial charge in [0.1, 0.15) is 0 Å². The van der Waals surface area contributed by atoms with Crippen LogP contribution >= 0.6 is 0 Å². The third-order valence-electron chi connectivity index (χ3n) is 5.12. The zero-order chi connectivity index (χ0) is 16.4. The minimum absolute atomic E-state index is 0.0703. The molecule has 0 aromatic heterocycles. The summed E-state index contributed by atoms with van der Waals surface area (Å²) in [6.07, 6.45) is 3.05. The molecule has 0 saturated heterocycles. The Morgan fingerprint density at radius 3 is 2.48 bits per heavy atom. The molecule has 0 saturated carbocycles.